The van der Waals surface area contributed by atoms with Gasteiger partial charge in [0.25, 0.3) is 0 Å². The normalized spacial score (nSPS) is 26.0. The van der Waals surface area contributed by atoms with Gasteiger partial charge < -0.3 is 5.11 Å². The molecule has 0 aromatic heterocycles. The van der Waals surface area contributed by atoms with Gasteiger partial charge in [0.2, 0.25) is 0 Å². The van der Waals surface area contributed by atoms with Crippen LogP contribution in [0.3, 0.4) is 0 Å². The Morgan fingerprint density at radius 3 is 2.75 bits per heavy atom. The molecule has 1 fully saturated rings. The average molecular weight is 254 g/mol. The number of hydrogen-bond donors (Lipinski definition) is 1. The lowest BCUT2D eigenvalue weighted by atomic mass is 9.92. The second-order valence-electron chi connectivity index (χ2n) is 3.88. The first-order valence-corrected chi connectivity index (χ1v) is 7.71. The predicted octanol–water partition coefficient (Wildman–Crippen LogP) is 3.40. The van der Waals surface area contributed by atoms with Crippen LogP contribution >= 0.6 is 21.6 Å². The van der Waals surface area contributed by atoms with Gasteiger partial charge in [-0.15, -0.1) is 0 Å². The van der Waals surface area contributed by atoms with Crippen LogP contribution in [0.4, 0.5) is 0 Å². The van der Waals surface area contributed by atoms with E-state index in [1.54, 1.807) is 10.8 Å². The number of aliphatic carboxylic acids is 1. The first-order chi connectivity index (χ1) is 7.77. The molecular weight excluding hydrogens is 240 g/mol. The van der Waals surface area contributed by atoms with Crippen molar-refractivity contribution >= 4 is 27.6 Å². The number of hydrogen-bond acceptors (Lipinski definition) is 3. The van der Waals surface area contributed by atoms with Crippen molar-refractivity contribution in [1.29, 1.82) is 0 Å². The molecule has 4 heteroatoms. The fraction of sp³-hybridized carbons (Fsp3) is 0.417. The molecule has 1 heterocycles. The molecule has 1 aromatic carbocycles. The summed E-state index contributed by atoms with van der Waals surface area (Å²) in [6.07, 6.45) is 1.82. The first kappa shape index (κ1) is 11.9. The molecule has 0 radical (unpaired) electrons. The van der Waals surface area contributed by atoms with Crippen molar-refractivity contribution in [2.24, 2.45) is 0 Å². The van der Waals surface area contributed by atoms with Crippen molar-refractivity contribution in [3.8, 4) is 0 Å². The Morgan fingerprint density at radius 1 is 1.31 bits per heavy atom. The topological polar surface area (TPSA) is 37.3 Å². The van der Waals surface area contributed by atoms with E-state index in [9.17, 15) is 4.79 Å². The highest BCUT2D eigenvalue weighted by atomic mass is 33.1. The molecule has 1 saturated heterocycles. The largest absolute Gasteiger partial charge is 0.480 e. The van der Waals surface area contributed by atoms with Gasteiger partial charge in [-0.2, -0.15) is 0 Å². The van der Waals surface area contributed by atoms with E-state index >= 15 is 0 Å². The minimum Gasteiger partial charge on any atom is -0.480 e. The Kier molecular flexibility index (Phi) is 4.18. The molecule has 86 valence electrons. The highest BCUT2D eigenvalue weighted by molar-refractivity contribution is 8.77. The molecule has 0 spiro atoms. The highest BCUT2D eigenvalue weighted by Crippen LogP contribution is 2.40. The van der Waals surface area contributed by atoms with Gasteiger partial charge >= 0.3 is 5.97 Å². The summed E-state index contributed by atoms with van der Waals surface area (Å²) >= 11 is 0. The van der Waals surface area contributed by atoms with Crippen molar-refractivity contribution in [2.75, 3.05) is 5.75 Å². The zero-order chi connectivity index (χ0) is 11.4. The van der Waals surface area contributed by atoms with Crippen LogP contribution in [-0.4, -0.2) is 22.1 Å². The highest BCUT2D eigenvalue weighted by Gasteiger charge is 2.27. The lowest BCUT2D eigenvalue weighted by molar-refractivity contribution is -0.136. The minimum atomic E-state index is -0.680. The van der Waals surface area contributed by atoms with Crippen LogP contribution in [0.15, 0.2) is 30.3 Å². The number of rotatable bonds is 2. The molecule has 1 N–H and O–H groups in total. The molecule has 1 aromatic rings. The van der Waals surface area contributed by atoms with Crippen molar-refractivity contribution in [1.82, 2.24) is 0 Å². The van der Waals surface area contributed by atoms with E-state index in [0.29, 0.717) is 5.92 Å². The average Bonchev–Trinajstić information content (AvgIpc) is 2.56. The first-order valence-electron chi connectivity index (χ1n) is 5.33. The Hall–Kier alpha value is -0.610. The fourth-order valence-electron chi connectivity index (χ4n) is 1.91. The number of carbonyl (C=O) groups is 1. The van der Waals surface area contributed by atoms with Gasteiger partial charge in [0, 0.05) is 5.75 Å². The number of carboxylic acids is 1. The van der Waals surface area contributed by atoms with Gasteiger partial charge in [-0.3, -0.25) is 4.79 Å². The maximum absolute atomic E-state index is 11.0. The third-order valence-electron chi connectivity index (χ3n) is 2.78. The van der Waals surface area contributed by atoms with Crippen molar-refractivity contribution in [2.45, 2.75) is 24.0 Å². The Morgan fingerprint density at radius 2 is 2.06 bits per heavy atom. The summed E-state index contributed by atoms with van der Waals surface area (Å²) in [6.45, 7) is 0. The summed E-state index contributed by atoms with van der Waals surface area (Å²) in [6, 6.07) is 10.2. The van der Waals surface area contributed by atoms with Crippen LogP contribution in [0.25, 0.3) is 0 Å². The summed E-state index contributed by atoms with van der Waals surface area (Å²) in [4.78, 5) is 11.0. The van der Waals surface area contributed by atoms with E-state index in [-0.39, 0.29) is 5.25 Å². The molecule has 0 amide bonds. The van der Waals surface area contributed by atoms with Crippen molar-refractivity contribution < 1.29 is 9.90 Å². The SMILES string of the molecule is O=C(O)C1CC(c2ccccc2)CCSS1. The van der Waals surface area contributed by atoms with Crippen molar-refractivity contribution in [3.63, 3.8) is 0 Å². The summed E-state index contributed by atoms with van der Waals surface area (Å²) in [5.74, 6) is 0.749. The molecule has 2 atom stereocenters. The second-order valence-corrected chi connectivity index (χ2v) is 6.57. The van der Waals surface area contributed by atoms with Crippen molar-refractivity contribution in [3.05, 3.63) is 35.9 Å². The van der Waals surface area contributed by atoms with Crippen LogP contribution in [-0.2, 0) is 4.79 Å². The molecule has 0 bridgehead atoms. The van der Waals surface area contributed by atoms with Crippen LogP contribution in [0.5, 0.6) is 0 Å². The molecule has 0 aliphatic carbocycles. The van der Waals surface area contributed by atoms with Crippen LogP contribution < -0.4 is 0 Å². The van der Waals surface area contributed by atoms with Gasteiger partial charge in [0.05, 0.1) is 0 Å². The Bertz CT molecular complexity index is 353. The van der Waals surface area contributed by atoms with E-state index in [0.717, 1.165) is 18.6 Å². The lowest BCUT2D eigenvalue weighted by Gasteiger charge is -2.16. The van der Waals surface area contributed by atoms with E-state index in [1.807, 2.05) is 18.2 Å². The molecule has 2 nitrogen and oxygen atoms in total. The predicted molar refractivity (Wildman–Crippen MR) is 69.9 cm³/mol. The Balaban J connectivity index is 2.12. The quantitative estimate of drug-likeness (QED) is 0.821. The molecular formula is C12H14O2S2. The monoisotopic (exact) mass is 254 g/mol. The van der Waals surface area contributed by atoms with E-state index in [2.05, 4.69) is 12.1 Å². The van der Waals surface area contributed by atoms with Gasteiger partial charge in [-0.1, -0.05) is 51.9 Å². The summed E-state index contributed by atoms with van der Waals surface area (Å²) < 4.78 is 0. The molecule has 2 unspecified atom stereocenters. The number of carboxylic acid groups (broad SMARTS) is 1. The second kappa shape index (κ2) is 5.64. The van der Waals surface area contributed by atoms with Gasteiger partial charge in [0.1, 0.15) is 5.25 Å². The number of benzene rings is 1. The zero-order valence-corrected chi connectivity index (χ0v) is 10.5. The maximum Gasteiger partial charge on any atom is 0.317 e. The summed E-state index contributed by atoms with van der Waals surface area (Å²) in [7, 11) is 3.19. The van der Waals surface area contributed by atoms with E-state index in [1.165, 1.54) is 16.4 Å². The van der Waals surface area contributed by atoms with Crippen LogP contribution in [0.1, 0.15) is 24.3 Å². The van der Waals surface area contributed by atoms with Gasteiger partial charge in [-0.25, -0.2) is 0 Å². The van der Waals surface area contributed by atoms with Crippen LogP contribution in [0, 0.1) is 0 Å². The molecule has 2 rings (SSSR count). The van der Waals surface area contributed by atoms with E-state index in [4.69, 9.17) is 5.11 Å². The minimum absolute atomic E-state index is 0.266. The molecule has 16 heavy (non-hydrogen) atoms. The Labute approximate surface area is 103 Å². The van der Waals surface area contributed by atoms with Gasteiger partial charge in [0.15, 0.2) is 0 Å². The maximum atomic E-state index is 11.0. The lowest BCUT2D eigenvalue weighted by Crippen LogP contribution is -2.17. The third-order valence-corrected chi connectivity index (χ3v) is 5.55. The summed E-state index contributed by atoms with van der Waals surface area (Å²) in [5, 5.41) is 8.83. The fourth-order valence-corrected chi connectivity index (χ4v) is 4.49. The molecule has 0 saturated carbocycles. The van der Waals surface area contributed by atoms with Crippen LogP contribution in [0.2, 0.25) is 0 Å². The van der Waals surface area contributed by atoms with Gasteiger partial charge in [-0.05, 0) is 24.3 Å². The van der Waals surface area contributed by atoms with E-state index < -0.39 is 5.97 Å². The standard InChI is InChI=1S/C12H14O2S2/c13-12(14)11-8-10(6-7-15-16-11)9-4-2-1-3-5-9/h1-5,10-11H,6-8H2,(H,13,14). The molecule has 1 aliphatic heterocycles. The summed E-state index contributed by atoms with van der Waals surface area (Å²) in [5.41, 5.74) is 1.27. The zero-order valence-electron chi connectivity index (χ0n) is 8.83. The molecule has 1 aliphatic rings. The smallest absolute Gasteiger partial charge is 0.317 e. The third kappa shape index (κ3) is 2.95.